The number of anilines is 2. The van der Waals surface area contributed by atoms with Crippen molar-refractivity contribution in [2.75, 3.05) is 22.4 Å². The number of nitrogens with zero attached hydrogens (tertiary/aromatic N) is 1. The Morgan fingerprint density at radius 2 is 1.68 bits per heavy atom. The second kappa shape index (κ2) is 7.70. The first kappa shape index (κ1) is 19.0. The molecule has 0 saturated heterocycles. The molecule has 0 heterocycles. The molecule has 0 aliphatic heterocycles. The van der Waals surface area contributed by atoms with Crippen LogP contribution in [0.2, 0.25) is 0 Å². The average Bonchev–Trinajstić information content (AvgIpc) is 2.54. The van der Waals surface area contributed by atoms with Crippen molar-refractivity contribution >= 4 is 27.3 Å². The van der Waals surface area contributed by atoms with Crippen molar-refractivity contribution in [3.63, 3.8) is 0 Å². The number of carbonyl (C=O) groups excluding carboxylic acids is 1. The zero-order valence-corrected chi connectivity index (χ0v) is 15.8. The molecule has 1 amide bonds. The van der Waals surface area contributed by atoms with Gasteiger partial charge in [0.05, 0.1) is 11.9 Å². The number of hydrogen-bond donors (Lipinski definition) is 1. The van der Waals surface area contributed by atoms with Gasteiger partial charge in [-0.3, -0.25) is 9.10 Å². The van der Waals surface area contributed by atoms with Crippen LogP contribution in [0.4, 0.5) is 11.4 Å². The monoisotopic (exact) mass is 360 g/mol. The fraction of sp³-hybridized carbons (Fsp3) is 0.316. The van der Waals surface area contributed by atoms with Gasteiger partial charge in [-0.1, -0.05) is 49.7 Å². The molecule has 25 heavy (non-hydrogen) atoms. The molecule has 6 heteroatoms. The van der Waals surface area contributed by atoms with Crippen LogP contribution in [0.1, 0.15) is 30.9 Å². The summed E-state index contributed by atoms with van der Waals surface area (Å²) in [6.45, 7) is 5.67. The maximum absolute atomic E-state index is 12.4. The van der Waals surface area contributed by atoms with Crippen LogP contribution in [0.25, 0.3) is 0 Å². The van der Waals surface area contributed by atoms with Gasteiger partial charge in [-0.05, 0) is 36.6 Å². The SMILES string of the molecule is Cc1ccc(NC(=O)CN(c2ccccc2C(C)C)S(C)(=O)=O)cc1. The number of nitrogens with one attached hydrogen (secondary N) is 1. The molecule has 0 radical (unpaired) electrons. The molecule has 2 aromatic rings. The number of carbonyl (C=O) groups is 1. The van der Waals surface area contributed by atoms with Crippen molar-refractivity contribution in [1.29, 1.82) is 0 Å². The van der Waals surface area contributed by atoms with Crippen molar-refractivity contribution in [1.82, 2.24) is 0 Å². The van der Waals surface area contributed by atoms with Gasteiger partial charge in [-0.25, -0.2) is 8.42 Å². The normalized spacial score (nSPS) is 11.4. The Morgan fingerprint density at radius 3 is 2.24 bits per heavy atom. The van der Waals surface area contributed by atoms with Crippen LogP contribution < -0.4 is 9.62 Å². The van der Waals surface area contributed by atoms with E-state index in [-0.39, 0.29) is 18.4 Å². The predicted octanol–water partition coefficient (Wildman–Crippen LogP) is 3.52. The Morgan fingerprint density at radius 1 is 1.08 bits per heavy atom. The molecule has 2 rings (SSSR count). The van der Waals surface area contributed by atoms with Crippen LogP contribution in [-0.2, 0) is 14.8 Å². The molecular formula is C19H24N2O3S. The summed E-state index contributed by atoms with van der Waals surface area (Å²) in [6, 6.07) is 14.6. The van der Waals surface area contributed by atoms with Crippen molar-refractivity contribution in [2.45, 2.75) is 26.7 Å². The zero-order valence-electron chi connectivity index (χ0n) is 15.0. The van der Waals surface area contributed by atoms with E-state index in [9.17, 15) is 13.2 Å². The van der Waals surface area contributed by atoms with E-state index in [1.165, 1.54) is 0 Å². The number of amides is 1. The van der Waals surface area contributed by atoms with Gasteiger partial charge < -0.3 is 5.32 Å². The smallest absolute Gasteiger partial charge is 0.245 e. The summed E-state index contributed by atoms with van der Waals surface area (Å²) in [5.41, 5.74) is 3.15. The Kier molecular flexibility index (Phi) is 5.85. The summed E-state index contributed by atoms with van der Waals surface area (Å²) >= 11 is 0. The summed E-state index contributed by atoms with van der Waals surface area (Å²) in [7, 11) is -3.60. The number of sulfonamides is 1. The lowest BCUT2D eigenvalue weighted by Crippen LogP contribution is -2.38. The second-order valence-electron chi connectivity index (χ2n) is 6.40. The average molecular weight is 360 g/mol. The van der Waals surface area contributed by atoms with E-state index in [4.69, 9.17) is 0 Å². The Labute approximate surface area is 149 Å². The zero-order chi connectivity index (χ0) is 18.6. The summed E-state index contributed by atoms with van der Waals surface area (Å²) < 4.78 is 25.7. The van der Waals surface area contributed by atoms with Gasteiger partial charge >= 0.3 is 0 Å². The highest BCUT2D eigenvalue weighted by Gasteiger charge is 2.23. The third-order valence-corrected chi connectivity index (χ3v) is 4.98. The third-order valence-electron chi connectivity index (χ3n) is 3.85. The Hall–Kier alpha value is -2.34. The maximum Gasteiger partial charge on any atom is 0.245 e. The minimum Gasteiger partial charge on any atom is -0.325 e. The number of rotatable bonds is 6. The quantitative estimate of drug-likeness (QED) is 0.857. The van der Waals surface area contributed by atoms with Crippen LogP contribution in [0.5, 0.6) is 0 Å². The van der Waals surface area contributed by atoms with E-state index in [1.54, 1.807) is 24.3 Å². The lowest BCUT2D eigenvalue weighted by atomic mass is 10.0. The van der Waals surface area contributed by atoms with Gasteiger partial charge in [0.15, 0.2) is 0 Å². The van der Waals surface area contributed by atoms with Crippen molar-refractivity contribution in [3.05, 3.63) is 59.7 Å². The molecule has 0 aliphatic carbocycles. The predicted molar refractivity (Wildman–Crippen MR) is 103 cm³/mol. The van der Waals surface area contributed by atoms with Crippen molar-refractivity contribution in [3.8, 4) is 0 Å². The summed E-state index contributed by atoms with van der Waals surface area (Å²) in [5, 5.41) is 2.75. The van der Waals surface area contributed by atoms with Gasteiger partial charge in [0.2, 0.25) is 15.9 Å². The second-order valence-corrected chi connectivity index (χ2v) is 8.30. The van der Waals surface area contributed by atoms with Crippen LogP contribution in [0.15, 0.2) is 48.5 Å². The number of hydrogen-bond acceptors (Lipinski definition) is 3. The summed E-state index contributed by atoms with van der Waals surface area (Å²) in [5.74, 6) is -0.242. The fourth-order valence-corrected chi connectivity index (χ4v) is 3.43. The molecule has 0 fully saturated rings. The highest BCUT2D eigenvalue weighted by atomic mass is 32.2. The first-order valence-corrected chi connectivity index (χ1v) is 9.96. The van der Waals surface area contributed by atoms with Gasteiger partial charge in [0.1, 0.15) is 6.54 Å². The lowest BCUT2D eigenvalue weighted by Gasteiger charge is -2.25. The van der Waals surface area contributed by atoms with E-state index < -0.39 is 10.0 Å². The van der Waals surface area contributed by atoms with Crippen LogP contribution in [-0.4, -0.2) is 27.1 Å². The molecule has 1 N–H and O–H groups in total. The van der Waals surface area contributed by atoms with Crippen LogP contribution in [0, 0.1) is 6.92 Å². The van der Waals surface area contributed by atoms with Crippen molar-refractivity contribution in [2.24, 2.45) is 0 Å². The highest BCUT2D eigenvalue weighted by molar-refractivity contribution is 7.92. The van der Waals surface area contributed by atoms with Crippen LogP contribution >= 0.6 is 0 Å². The Balaban J connectivity index is 2.28. The molecule has 2 aromatic carbocycles. The lowest BCUT2D eigenvalue weighted by molar-refractivity contribution is -0.114. The van der Waals surface area contributed by atoms with E-state index in [2.05, 4.69) is 5.32 Å². The van der Waals surface area contributed by atoms with E-state index >= 15 is 0 Å². The van der Waals surface area contributed by atoms with Gasteiger partial charge in [0, 0.05) is 5.69 Å². The number of para-hydroxylation sites is 1. The number of benzene rings is 2. The van der Waals surface area contributed by atoms with E-state index in [1.807, 2.05) is 45.0 Å². The minimum atomic E-state index is -3.60. The minimum absolute atomic E-state index is 0.139. The first-order valence-electron chi connectivity index (χ1n) is 8.11. The van der Waals surface area contributed by atoms with Crippen LogP contribution in [0.3, 0.4) is 0 Å². The molecule has 5 nitrogen and oxygen atoms in total. The van der Waals surface area contributed by atoms with Crippen molar-refractivity contribution < 1.29 is 13.2 Å². The standard InChI is InChI=1S/C19H24N2O3S/c1-14(2)17-7-5-6-8-18(17)21(25(4,23)24)13-19(22)20-16-11-9-15(3)10-12-16/h5-12,14H,13H2,1-4H3,(H,20,22). The molecule has 0 unspecified atom stereocenters. The maximum atomic E-state index is 12.4. The molecule has 134 valence electrons. The molecular weight excluding hydrogens is 336 g/mol. The summed E-state index contributed by atoms with van der Waals surface area (Å²) in [6.07, 6.45) is 1.11. The van der Waals surface area contributed by atoms with E-state index in [0.29, 0.717) is 11.4 Å². The van der Waals surface area contributed by atoms with Gasteiger partial charge in [-0.2, -0.15) is 0 Å². The molecule has 0 bridgehead atoms. The number of aryl methyl sites for hydroxylation is 1. The first-order chi connectivity index (χ1) is 11.7. The topological polar surface area (TPSA) is 66.5 Å². The Bertz CT molecular complexity index is 843. The van der Waals surface area contributed by atoms with Gasteiger partial charge in [0.25, 0.3) is 0 Å². The third kappa shape index (κ3) is 5.06. The largest absolute Gasteiger partial charge is 0.325 e. The fourth-order valence-electron chi connectivity index (χ4n) is 2.55. The molecule has 0 atom stereocenters. The van der Waals surface area contributed by atoms with E-state index in [0.717, 1.165) is 21.7 Å². The molecule has 0 aliphatic rings. The molecule has 0 saturated carbocycles. The highest BCUT2D eigenvalue weighted by Crippen LogP contribution is 2.28. The molecule has 0 aromatic heterocycles. The van der Waals surface area contributed by atoms with Gasteiger partial charge in [-0.15, -0.1) is 0 Å². The molecule has 0 spiro atoms. The summed E-state index contributed by atoms with van der Waals surface area (Å²) in [4.78, 5) is 12.4.